The summed E-state index contributed by atoms with van der Waals surface area (Å²) in [4.78, 5) is 11.9. The second-order valence-corrected chi connectivity index (χ2v) is 6.01. The largest absolute Gasteiger partial charge is 0.454 e. The van der Waals surface area contributed by atoms with Crippen LogP contribution in [0.5, 0.6) is 0 Å². The highest BCUT2D eigenvalue weighted by Crippen LogP contribution is 2.50. The molecule has 3 rings (SSSR count). The average molecular weight is 248 g/mol. The molecule has 0 aromatic heterocycles. The number of rotatable bonds is 0. The number of esters is 1. The van der Waals surface area contributed by atoms with Crippen LogP contribution >= 0.6 is 0 Å². The smallest absolute Gasteiger partial charge is 0.334 e. The lowest BCUT2D eigenvalue weighted by molar-refractivity contribution is -0.150. The molecule has 0 unspecified atom stereocenters. The maximum atomic E-state index is 11.9. The lowest BCUT2D eigenvalue weighted by atomic mass is 9.60. The highest BCUT2D eigenvalue weighted by atomic mass is 16.5. The molecule has 0 aromatic carbocycles. The summed E-state index contributed by atoms with van der Waals surface area (Å²) in [7, 11) is 0. The molecule has 0 radical (unpaired) electrons. The lowest BCUT2D eigenvalue weighted by Crippen LogP contribution is -2.49. The van der Waals surface area contributed by atoms with E-state index in [1.54, 1.807) is 6.92 Å². The first-order valence-electron chi connectivity index (χ1n) is 6.77. The summed E-state index contributed by atoms with van der Waals surface area (Å²) < 4.78 is 5.57. The molecule has 0 amide bonds. The van der Waals surface area contributed by atoms with E-state index in [2.05, 4.69) is 13.0 Å². The van der Waals surface area contributed by atoms with Crippen LogP contribution in [-0.2, 0) is 9.53 Å². The van der Waals surface area contributed by atoms with Crippen LogP contribution in [-0.4, -0.2) is 23.3 Å². The van der Waals surface area contributed by atoms with Crippen molar-refractivity contribution in [3.63, 3.8) is 0 Å². The minimum absolute atomic E-state index is 0.146. The number of aliphatic hydroxyl groups is 1. The molecule has 98 valence electrons. The third-order valence-corrected chi connectivity index (χ3v) is 4.97. The Bertz CT molecular complexity index is 460. The number of carbonyl (C=O) groups excluding carboxylic acids is 1. The molecule has 3 aliphatic rings. The van der Waals surface area contributed by atoms with E-state index in [0.29, 0.717) is 17.4 Å². The molecule has 1 heterocycles. The van der Waals surface area contributed by atoms with Gasteiger partial charge in [0.15, 0.2) is 0 Å². The topological polar surface area (TPSA) is 46.5 Å². The molecular weight excluding hydrogens is 228 g/mol. The standard InChI is InChI=1S/C15H20O3/c1-7-4-5-10-8(2)6-11(16)12-9(3)15(17)18-14(7)13(10)12/h4,8,10-11,13-14,16H,5-6H2,1-3H3/t8-,10+,11-,13-,14-/m0/s1. The molecule has 3 heteroatoms. The van der Waals surface area contributed by atoms with Crippen LogP contribution in [0.3, 0.4) is 0 Å². The van der Waals surface area contributed by atoms with Gasteiger partial charge in [-0.25, -0.2) is 4.79 Å². The summed E-state index contributed by atoms with van der Waals surface area (Å²) in [6.07, 6.45) is 3.39. The molecule has 0 aromatic rings. The Morgan fingerprint density at radius 2 is 2.11 bits per heavy atom. The lowest BCUT2D eigenvalue weighted by Gasteiger charge is -2.49. The summed E-state index contributed by atoms with van der Waals surface area (Å²) >= 11 is 0. The van der Waals surface area contributed by atoms with E-state index in [9.17, 15) is 9.90 Å². The van der Waals surface area contributed by atoms with Crippen LogP contribution < -0.4 is 0 Å². The monoisotopic (exact) mass is 248 g/mol. The fourth-order valence-corrected chi connectivity index (χ4v) is 3.94. The van der Waals surface area contributed by atoms with Crippen molar-refractivity contribution in [1.29, 1.82) is 0 Å². The number of carbonyl (C=O) groups is 1. The minimum Gasteiger partial charge on any atom is -0.454 e. The maximum Gasteiger partial charge on any atom is 0.334 e. The first-order chi connectivity index (χ1) is 8.50. The van der Waals surface area contributed by atoms with Gasteiger partial charge in [-0.3, -0.25) is 0 Å². The van der Waals surface area contributed by atoms with Gasteiger partial charge in [0, 0.05) is 11.5 Å². The zero-order valence-electron chi connectivity index (χ0n) is 11.1. The average Bonchev–Trinajstić information content (AvgIpc) is 2.31. The molecule has 1 N–H and O–H groups in total. The van der Waals surface area contributed by atoms with Crippen molar-refractivity contribution in [3.05, 3.63) is 22.8 Å². The summed E-state index contributed by atoms with van der Waals surface area (Å²) in [5, 5.41) is 10.3. The molecule has 1 saturated carbocycles. The summed E-state index contributed by atoms with van der Waals surface area (Å²) in [6.45, 7) is 6.01. The van der Waals surface area contributed by atoms with Crippen LogP contribution in [0.2, 0.25) is 0 Å². The Hall–Kier alpha value is -1.09. The van der Waals surface area contributed by atoms with Gasteiger partial charge in [-0.15, -0.1) is 0 Å². The van der Waals surface area contributed by atoms with Gasteiger partial charge in [0.05, 0.1) is 6.10 Å². The molecule has 0 spiro atoms. The van der Waals surface area contributed by atoms with E-state index in [1.165, 1.54) is 0 Å². The Kier molecular flexibility index (Phi) is 2.63. The van der Waals surface area contributed by atoms with Crippen LogP contribution in [0.4, 0.5) is 0 Å². The zero-order chi connectivity index (χ0) is 13.0. The summed E-state index contributed by atoms with van der Waals surface area (Å²) in [5.41, 5.74) is 2.72. The number of ether oxygens (including phenoxy) is 1. The van der Waals surface area contributed by atoms with Gasteiger partial charge in [0.2, 0.25) is 0 Å². The van der Waals surface area contributed by atoms with Crippen molar-refractivity contribution in [2.45, 2.75) is 45.8 Å². The van der Waals surface area contributed by atoms with Gasteiger partial charge in [-0.05, 0) is 49.7 Å². The number of hydrogen-bond acceptors (Lipinski definition) is 3. The van der Waals surface area contributed by atoms with Crippen LogP contribution in [0.15, 0.2) is 22.8 Å². The first kappa shape index (κ1) is 12.0. The Labute approximate surface area is 108 Å². The molecule has 5 atom stereocenters. The van der Waals surface area contributed by atoms with E-state index < -0.39 is 6.10 Å². The second kappa shape index (κ2) is 3.95. The zero-order valence-corrected chi connectivity index (χ0v) is 11.1. The van der Waals surface area contributed by atoms with Crippen molar-refractivity contribution in [1.82, 2.24) is 0 Å². The predicted octanol–water partition coefficient (Wildman–Crippen LogP) is 2.21. The van der Waals surface area contributed by atoms with Crippen molar-refractivity contribution >= 4 is 5.97 Å². The van der Waals surface area contributed by atoms with Gasteiger partial charge in [-0.2, -0.15) is 0 Å². The maximum absolute atomic E-state index is 11.9. The van der Waals surface area contributed by atoms with E-state index in [0.717, 1.165) is 24.0 Å². The fraction of sp³-hybridized carbons (Fsp3) is 0.667. The van der Waals surface area contributed by atoms with Gasteiger partial charge in [0.1, 0.15) is 6.10 Å². The third kappa shape index (κ3) is 1.50. The molecule has 1 fully saturated rings. The minimum atomic E-state index is -0.470. The molecule has 1 aliphatic heterocycles. The van der Waals surface area contributed by atoms with Crippen LogP contribution in [0, 0.1) is 17.8 Å². The normalized spacial score (nSPS) is 43.2. The molecule has 0 saturated heterocycles. The fourth-order valence-electron chi connectivity index (χ4n) is 3.94. The quantitative estimate of drug-likeness (QED) is 0.528. The van der Waals surface area contributed by atoms with Crippen LogP contribution in [0.1, 0.15) is 33.6 Å². The van der Waals surface area contributed by atoms with Crippen LogP contribution in [0.25, 0.3) is 0 Å². The van der Waals surface area contributed by atoms with Gasteiger partial charge < -0.3 is 9.84 Å². The second-order valence-electron chi connectivity index (χ2n) is 6.01. The van der Waals surface area contributed by atoms with E-state index in [1.807, 2.05) is 6.92 Å². The van der Waals surface area contributed by atoms with Gasteiger partial charge in [-0.1, -0.05) is 13.0 Å². The molecule has 18 heavy (non-hydrogen) atoms. The summed E-state index contributed by atoms with van der Waals surface area (Å²) in [6, 6.07) is 0. The SMILES string of the molecule is CC1=CC[C@H]2[C@H]3C(=C(C)C(=O)O[C@@H]13)[C@@H](O)C[C@@H]2C. The molecule has 2 aliphatic carbocycles. The molecule has 0 bridgehead atoms. The van der Waals surface area contributed by atoms with Crippen molar-refractivity contribution in [2.24, 2.45) is 17.8 Å². The summed E-state index contributed by atoms with van der Waals surface area (Å²) in [5.74, 6) is 0.921. The first-order valence-corrected chi connectivity index (χ1v) is 6.77. The van der Waals surface area contributed by atoms with E-state index >= 15 is 0 Å². The molecule has 3 nitrogen and oxygen atoms in total. The van der Waals surface area contributed by atoms with Crippen molar-refractivity contribution < 1.29 is 14.6 Å². The van der Waals surface area contributed by atoms with E-state index in [4.69, 9.17) is 4.74 Å². The Morgan fingerprint density at radius 1 is 1.39 bits per heavy atom. The number of aliphatic hydroxyl groups excluding tert-OH is 1. The Morgan fingerprint density at radius 3 is 2.83 bits per heavy atom. The highest BCUT2D eigenvalue weighted by molar-refractivity contribution is 5.90. The van der Waals surface area contributed by atoms with E-state index in [-0.39, 0.29) is 18.0 Å². The van der Waals surface area contributed by atoms with Gasteiger partial charge in [0.25, 0.3) is 0 Å². The number of hydrogen-bond donors (Lipinski definition) is 1. The van der Waals surface area contributed by atoms with Crippen molar-refractivity contribution in [2.75, 3.05) is 0 Å². The highest BCUT2D eigenvalue weighted by Gasteiger charge is 2.49. The van der Waals surface area contributed by atoms with Gasteiger partial charge >= 0.3 is 5.97 Å². The van der Waals surface area contributed by atoms with Crippen molar-refractivity contribution in [3.8, 4) is 0 Å². The molecular formula is C15H20O3. The number of allylic oxidation sites excluding steroid dienone is 1. The third-order valence-electron chi connectivity index (χ3n) is 4.97. The Balaban J connectivity index is 2.13. The predicted molar refractivity (Wildman–Crippen MR) is 67.7 cm³/mol.